The summed E-state index contributed by atoms with van der Waals surface area (Å²) in [5, 5.41) is 0. The molecular weight excluding hydrogens is 152 g/mol. The van der Waals surface area contributed by atoms with Crippen LogP contribution in [0.3, 0.4) is 0 Å². The maximum atomic E-state index is 10.9. The first kappa shape index (κ1) is 5.73. The van der Waals surface area contributed by atoms with Crippen LogP contribution >= 0.6 is 0 Å². The van der Waals surface area contributed by atoms with E-state index in [2.05, 4.69) is 4.18 Å². The fraction of sp³-hybridized carbons (Fsp3) is 0. The molecule has 1 aliphatic rings. The lowest BCUT2D eigenvalue weighted by Gasteiger charge is -1.91. The van der Waals surface area contributed by atoms with E-state index < -0.39 is 10.1 Å². The van der Waals surface area contributed by atoms with E-state index in [1.807, 2.05) is 0 Å². The molecule has 0 unspecified atom stereocenters. The summed E-state index contributed by atoms with van der Waals surface area (Å²) in [6, 6.07) is 6.25. The topological polar surface area (TPSA) is 43.4 Å². The molecular formula is C6H4O3S. The van der Waals surface area contributed by atoms with Crippen LogP contribution < -0.4 is 4.18 Å². The SMILES string of the molecule is O=S1(=O)Oc2cccc1c2. The second-order valence-corrected chi connectivity index (χ2v) is 3.56. The molecule has 1 aliphatic heterocycles. The summed E-state index contributed by atoms with van der Waals surface area (Å²) >= 11 is 0. The Balaban J connectivity index is 2.81. The zero-order valence-electron chi connectivity index (χ0n) is 4.94. The van der Waals surface area contributed by atoms with Crippen molar-refractivity contribution in [1.29, 1.82) is 0 Å². The third-order valence-corrected chi connectivity index (χ3v) is 2.54. The van der Waals surface area contributed by atoms with E-state index in [1.54, 1.807) is 12.1 Å². The van der Waals surface area contributed by atoms with Crippen LogP contribution in [-0.4, -0.2) is 8.42 Å². The van der Waals surface area contributed by atoms with Gasteiger partial charge >= 0.3 is 10.1 Å². The molecule has 0 saturated carbocycles. The van der Waals surface area contributed by atoms with Crippen LogP contribution in [0.2, 0.25) is 0 Å². The molecule has 3 nitrogen and oxygen atoms in total. The zero-order valence-corrected chi connectivity index (χ0v) is 5.76. The monoisotopic (exact) mass is 156 g/mol. The van der Waals surface area contributed by atoms with Crippen LogP contribution in [0.5, 0.6) is 5.75 Å². The summed E-state index contributed by atoms with van der Waals surface area (Å²) in [4.78, 5) is 0.241. The standard InChI is InChI=1S/C6H4O3S/c7-10(8)6-3-1-2-5(4-6)9-10/h1-4H. The molecule has 52 valence electrons. The molecule has 4 heteroatoms. The molecule has 0 N–H and O–H groups in total. The van der Waals surface area contributed by atoms with Gasteiger partial charge in [0.05, 0.1) is 0 Å². The number of benzene rings is 1. The molecule has 1 aromatic rings. The van der Waals surface area contributed by atoms with Crippen LogP contribution in [0.1, 0.15) is 0 Å². The summed E-state index contributed by atoms with van der Waals surface area (Å²) in [5.74, 6) is 0.400. The molecule has 0 fully saturated rings. The number of fused-ring (bicyclic) bond motifs is 2. The minimum Gasteiger partial charge on any atom is -0.379 e. The maximum absolute atomic E-state index is 10.9. The predicted octanol–water partition coefficient (Wildman–Crippen LogP) is 0.768. The predicted molar refractivity (Wildman–Crippen MR) is 34.3 cm³/mol. The van der Waals surface area contributed by atoms with Gasteiger partial charge in [-0.1, -0.05) is 6.07 Å². The Kier molecular flexibility index (Phi) is 0.870. The molecule has 0 amide bonds. The molecule has 1 heterocycles. The van der Waals surface area contributed by atoms with E-state index in [-0.39, 0.29) is 4.90 Å². The van der Waals surface area contributed by atoms with Gasteiger partial charge in [0.25, 0.3) is 0 Å². The van der Waals surface area contributed by atoms with E-state index in [1.165, 1.54) is 12.1 Å². The van der Waals surface area contributed by atoms with Gasteiger partial charge in [-0.2, -0.15) is 8.42 Å². The summed E-state index contributed by atoms with van der Waals surface area (Å²) in [6.07, 6.45) is 0. The first-order chi connectivity index (χ1) is 4.68. The van der Waals surface area contributed by atoms with Crippen molar-refractivity contribution in [1.82, 2.24) is 0 Å². The molecule has 2 rings (SSSR count). The number of hydrogen-bond acceptors (Lipinski definition) is 3. The Labute approximate surface area is 58.4 Å². The molecule has 0 spiro atoms. The second kappa shape index (κ2) is 1.52. The van der Waals surface area contributed by atoms with Gasteiger partial charge in [0.2, 0.25) is 0 Å². The van der Waals surface area contributed by atoms with Gasteiger partial charge in [0.1, 0.15) is 10.6 Å². The van der Waals surface area contributed by atoms with E-state index in [0.29, 0.717) is 5.75 Å². The number of rotatable bonds is 0. The lowest BCUT2D eigenvalue weighted by Crippen LogP contribution is -2.01. The molecule has 2 bridgehead atoms. The second-order valence-electron chi connectivity index (χ2n) is 2.01. The van der Waals surface area contributed by atoms with Gasteiger partial charge in [-0.15, -0.1) is 0 Å². The Morgan fingerprint density at radius 3 is 2.70 bits per heavy atom. The van der Waals surface area contributed by atoms with Crippen LogP contribution in [0.4, 0.5) is 0 Å². The molecule has 0 atom stereocenters. The molecule has 0 aliphatic carbocycles. The zero-order chi connectivity index (χ0) is 7.19. The molecule has 0 saturated heterocycles. The minimum atomic E-state index is -3.42. The lowest BCUT2D eigenvalue weighted by molar-refractivity contribution is 0.499. The first-order valence-corrected chi connectivity index (χ1v) is 4.14. The Hall–Kier alpha value is -1.03. The number of hydrogen-bond donors (Lipinski definition) is 0. The highest BCUT2D eigenvalue weighted by Gasteiger charge is 2.23. The van der Waals surface area contributed by atoms with Gasteiger partial charge in [-0.05, 0) is 12.1 Å². The maximum Gasteiger partial charge on any atom is 0.339 e. The van der Waals surface area contributed by atoms with Crippen molar-refractivity contribution >= 4 is 10.1 Å². The molecule has 0 radical (unpaired) electrons. The van der Waals surface area contributed by atoms with E-state index in [0.717, 1.165) is 0 Å². The Morgan fingerprint density at radius 2 is 2.10 bits per heavy atom. The van der Waals surface area contributed by atoms with Crippen LogP contribution in [-0.2, 0) is 10.1 Å². The molecule has 1 aromatic carbocycles. The fourth-order valence-corrected chi connectivity index (χ4v) is 1.82. The van der Waals surface area contributed by atoms with Gasteiger partial charge in [-0.25, -0.2) is 0 Å². The van der Waals surface area contributed by atoms with E-state index in [4.69, 9.17) is 0 Å². The van der Waals surface area contributed by atoms with Gasteiger partial charge in [-0.3, -0.25) is 0 Å². The van der Waals surface area contributed by atoms with Gasteiger partial charge < -0.3 is 4.18 Å². The lowest BCUT2D eigenvalue weighted by atomic mass is 10.3. The summed E-state index contributed by atoms with van der Waals surface area (Å²) in [5.41, 5.74) is 0. The first-order valence-electron chi connectivity index (χ1n) is 2.73. The van der Waals surface area contributed by atoms with Crippen molar-refractivity contribution in [3.05, 3.63) is 24.3 Å². The molecule has 0 aromatic heterocycles. The third kappa shape index (κ3) is 0.623. The largest absolute Gasteiger partial charge is 0.379 e. The average molecular weight is 156 g/mol. The summed E-state index contributed by atoms with van der Waals surface area (Å²) in [6.45, 7) is 0. The summed E-state index contributed by atoms with van der Waals surface area (Å²) < 4.78 is 26.3. The highest BCUT2D eigenvalue weighted by atomic mass is 32.2. The van der Waals surface area contributed by atoms with Crippen molar-refractivity contribution in [3.63, 3.8) is 0 Å². The smallest absolute Gasteiger partial charge is 0.339 e. The normalized spacial score (nSPS) is 18.4. The van der Waals surface area contributed by atoms with E-state index in [9.17, 15) is 8.42 Å². The van der Waals surface area contributed by atoms with Crippen molar-refractivity contribution in [2.75, 3.05) is 0 Å². The quantitative estimate of drug-likeness (QED) is 0.521. The highest BCUT2D eigenvalue weighted by molar-refractivity contribution is 7.87. The van der Waals surface area contributed by atoms with Crippen molar-refractivity contribution in [2.24, 2.45) is 0 Å². The fourth-order valence-electron chi connectivity index (χ4n) is 0.856. The van der Waals surface area contributed by atoms with Crippen LogP contribution in [0.25, 0.3) is 0 Å². The Bertz CT molecular complexity index is 366. The average Bonchev–Trinajstić information content (AvgIpc) is 2.04. The highest BCUT2D eigenvalue weighted by Crippen LogP contribution is 2.27. The molecule has 10 heavy (non-hydrogen) atoms. The third-order valence-electron chi connectivity index (χ3n) is 1.30. The van der Waals surface area contributed by atoms with Crippen molar-refractivity contribution in [2.45, 2.75) is 4.90 Å². The van der Waals surface area contributed by atoms with Gasteiger partial charge in [0.15, 0.2) is 0 Å². The van der Waals surface area contributed by atoms with Crippen LogP contribution in [0.15, 0.2) is 29.2 Å². The van der Waals surface area contributed by atoms with Crippen molar-refractivity contribution < 1.29 is 12.6 Å². The van der Waals surface area contributed by atoms with Crippen molar-refractivity contribution in [3.8, 4) is 5.75 Å². The van der Waals surface area contributed by atoms with Crippen LogP contribution in [0, 0.1) is 0 Å². The summed E-state index contributed by atoms with van der Waals surface area (Å²) in [7, 11) is -3.42. The minimum absolute atomic E-state index is 0.241. The van der Waals surface area contributed by atoms with Gasteiger partial charge in [0, 0.05) is 6.07 Å². The Morgan fingerprint density at radius 1 is 1.30 bits per heavy atom. The van der Waals surface area contributed by atoms with E-state index >= 15 is 0 Å².